The van der Waals surface area contributed by atoms with Gasteiger partial charge in [-0.1, -0.05) is 36.2 Å². The van der Waals surface area contributed by atoms with Crippen molar-refractivity contribution in [2.45, 2.75) is 6.92 Å². The molecule has 1 atom stereocenters. The number of halogens is 4. The second kappa shape index (κ2) is 14.4. The highest BCUT2D eigenvalue weighted by Crippen LogP contribution is 2.06. The van der Waals surface area contributed by atoms with Crippen LogP contribution in [0.2, 0.25) is 0 Å². The number of hydrogen-bond donors (Lipinski definition) is 2. The smallest absolute Gasteiger partial charge is 0.673 e. The second-order valence-electron chi connectivity index (χ2n) is 2.50. The lowest BCUT2D eigenvalue weighted by atomic mass is 10.3. The number of nitrogen functional groups attached to an aromatic ring is 1. The molecule has 5 nitrogen and oxygen atoms in total. The first-order chi connectivity index (χ1) is 8.66. The third-order valence-corrected chi connectivity index (χ3v) is 1.51. The Labute approximate surface area is 110 Å². The number of hydrogen-bond acceptors (Lipinski definition) is 4. The highest BCUT2D eigenvalue weighted by atomic mass is 32.2. The van der Waals surface area contributed by atoms with Crippen LogP contribution in [0.15, 0.2) is 30.3 Å². The molecule has 1 unspecified atom stereocenters. The number of anilines is 1. The summed E-state index contributed by atoms with van der Waals surface area (Å²) in [5, 5.41) is 11.0. The Hall–Kier alpha value is -1.67. The molecule has 0 bridgehead atoms. The molecule has 110 valence electrons. The molecule has 0 heterocycles. The maximum Gasteiger partial charge on any atom is 0.673 e. The van der Waals surface area contributed by atoms with E-state index in [4.69, 9.17) is 16.5 Å². The molecule has 0 aliphatic rings. The van der Waals surface area contributed by atoms with E-state index in [2.05, 4.69) is 0 Å². The third-order valence-electron chi connectivity index (χ3n) is 1.04. The third kappa shape index (κ3) is 48.3. The lowest BCUT2D eigenvalue weighted by Crippen LogP contribution is -2.11. The lowest BCUT2D eigenvalue weighted by Gasteiger charge is -1.94. The van der Waals surface area contributed by atoms with Crippen molar-refractivity contribution in [2.24, 2.45) is 0 Å². The van der Waals surface area contributed by atoms with Crippen LogP contribution in [0.4, 0.5) is 23.0 Å². The Morgan fingerprint density at radius 2 is 1.53 bits per heavy atom. The molecule has 1 aromatic carbocycles. The van der Waals surface area contributed by atoms with Gasteiger partial charge in [0.05, 0.1) is 5.39 Å². The van der Waals surface area contributed by atoms with Gasteiger partial charge in [0.2, 0.25) is 5.39 Å². The number of diazo groups is 1. The molecular weight excluding hydrogens is 289 g/mol. The first kappa shape index (κ1) is 22.5. The highest BCUT2D eigenvalue weighted by Gasteiger charge is 2.20. The average Bonchev–Trinajstić information content (AvgIpc) is 2.31. The predicted octanol–water partition coefficient (Wildman–Crippen LogP) is 0.733. The van der Waals surface area contributed by atoms with Crippen LogP contribution < -0.4 is 11.1 Å². The van der Waals surface area contributed by atoms with E-state index >= 15 is 0 Å². The summed E-state index contributed by atoms with van der Waals surface area (Å²) in [6.45, 7) is 1.59. The Morgan fingerprint density at radius 3 is 1.63 bits per heavy atom. The first-order valence-electron chi connectivity index (χ1n) is 4.62. The summed E-state index contributed by atoms with van der Waals surface area (Å²) < 4.78 is 57.7. The summed E-state index contributed by atoms with van der Waals surface area (Å²) in [4.78, 5) is 0. The topological polar surface area (TPSA) is 114 Å². The molecule has 19 heavy (non-hydrogen) atoms. The van der Waals surface area contributed by atoms with E-state index in [1.165, 1.54) is 0 Å². The number of rotatable bonds is 1. The molecule has 0 saturated carbocycles. The number of nitrogens with two attached hydrogens (primary N) is 1. The van der Waals surface area contributed by atoms with Gasteiger partial charge in [-0.05, 0) is 12.1 Å². The van der Waals surface area contributed by atoms with Gasteiger partial charge in [0.15, 0.2) is 0 Å². The Kier molecular flexibility index (Phi) is 17.1. The van der Waals surface area contributed by atoms with E-state index in [9.17, 15) is 26.0 Å². The van der Waals surface area contributed by atoms with Gasteiger partial charge in [-0.25, -0.2) is 0 Å². The van der Waals surface area contributed by atoms with E-state index in [-0.39, 0.29) is 5.75 Å². The van der Waals surface area contributed by atoms with Crippen LogP contribution in [-0.4, -0.2) is 21.8 Å². The summed E-state index contributed by atoms with van der Waals surface area (Å²) in [7, 11) is -6.00. The van der Waals surface area contributed by atoms with Gasteiger partial charge in [0, 0.05) is 11.4 Å². The van der Waals surface area contributed by atoms with Gasteiger partial charge in [-0.15, -0.1) is 0 Å². The van der Waals surface area contributed by atoms with Gasteiger partial charge in [0.1, 0.15) is 0 Å². The van der Waals surface area contributed by atoms with E-state index in [0.29, 0.717) is 0 Å². The van der Waals surface area contributed by atoms with Crippen molar-refractivity contribution in [1.82, 2.24) is 0 Å². The minimum atomic E-state index is -6.00. The molecule has 11 heteroatoms. The monoisotopic (exact) mass is 302 g/mol. The number of benzene rings is 1. The Bertz CT molecular complexity index is 345. The molecule has 3 N–H and O–H groups in total. The van der Waals surface area contributed by atoms with Crippen LogP contribution in [0.3, 0.4) is 0 Å². The van der Waals surface area contributed by atoms with Crippen molar-refractivity contribution in [3.8, 4) is 0 Å². The van der Waals surface area contributed by atoms with Crippen molar-refractivity contribution in [3.05, 3.63) is 30.3 Å². The Balaban J connectivity index is -0.000000194. The molecule has 0 amide bonds. The van der Waals surface area contributed by atoms with Crippen molar-refractivity contribution < 1.29 is 31.4 Å². The highest BCUT2D eigenvalue weighted by molar-refractivity contribution is 7.79. The standard InChI is InChI=1S/C6H7N.C2H6O2S.BF4.N2/c7-6-4-2-1-3-5-6;1-2-5(3)4;2-1(3,4)5;1-2/h1-5H,7H2;2H2,1H3,(H,3,4);;/q;;-1;. The predicted molar refractivity (Wildman–Crippen MR) is 63.2 cm³/mol. The molecule has 0 saturated heterocycles. The van der Waals surface area contributed by atoms with Crippen LogP contribution in [0.1, 0.15) is 6.92 Å². The minimum absolute atomic E-state index is 0.222. The van der Waals surface area contributed by atoms with Crippen molar-refractivity contribution >= 4 is 24.0 Å². The summed E-state index contributed by atoms with van der Waals surface area (Å²) in [5.74, 6) is 0.222. The van der Waals surface area contributed by atoms with Gasteiger partial charge in [-0.3, -0.25) is 4.21 Å². The molecule has 0 aliphatic heterocycles. The van der Waals surface area contributed by atoms with Crippen molar-refractivity contribution in [2.75, 3.05) is 11.5 Å². The van der Waals surface area contributed by atoms with Crippen molar-refractivity contribution in [3.63, 3.8) is 0 Å². The normalized spacial score (nSPS) is 10.3. The number of nitrogens with zero attached hydrogens (tertiary/aromatic N) is 1. The van der Waals surface area contributed by atoms with E-state index in [1.807, 2.05) is 30.3 Å². The largest absolute Gasteiger partial charge is 0.772 e. The summed E-state index contributed by atoms with van der Waals surface area (Å²) in [6, 6.07) is 9.49. The molecule has 0 fully saturated rings. The van der Waals surface area contributed by atoms with Crippen LogP contribution in [0.5, 0.6) is 0 Å². The zero-order valence-corrected chi connectivity index (χ0v) is 10.7. The van der Waals surface area contributed by atoms with Crippen molar-refractivity contribution in [1.29, 1.82) is 5.39 Å². The quantitative estimate of drug-likeness (QED) is 0.262. The van der Waals surface area contributed by atoms with Gasteiger partial charge < -0.3 is 27.5 Å². The minimum Gasteiger partial charge on any atom is -0.772 e. The van der Waals surface area contributed by atoms with E-state index in [1.54, 1.807) is 6.92 Å². The zero-order valence-electron chi connectivity index (χ0n) is 9.93. The average molecular weight is 302 g/mol. The fourth-order valence-electron chi connectivity index (χ4n) is 0.453. The fraction of sp³-hybridized carbons (Fsp3) is 0.250. The lowest BCUT2D eigenvalue weighted by molar-refractivity contribution is -0.175. The molecule has 0 aliphatic carbocycles. The van der Waals surface area contributed by atoms with Crippen LogP contribution in [0.25, 0.3) is 0 Å². The fourth-order valence-corrected chi connectivity index (χ4v) is 0.453. The van der Waals surface area contributed by atoms with Gasteiger partial charge in [-0.2, -0.15) is 0 Å². The SMILES string of the molecule is CCS(=O)[O-].F[B-](F)(F)F.N#[NH+].Nc1ccccc1. The van der Waals surface area contributed by atoms with Crippen LogP contribution in [0, 0.1) is 5.39 Å². The maximum absolute atomic E-state index is 9.75. The van der Waals surface area contributed by atoms with Gasteiger partial charge in [0.25, 0.3) is 0 Å². The summed E-state index contributed by atoms with van der Waals surface area (Å²) in [6.07, 6.45) is 0. The van der Waals surface area contributed by atoms with Crippen LogP contribution in [-0.2, 0) is 11.1 Å². The second-order valence-corrected chi connectivity index (χ2v) is 3.68. The summed E-state index contributed by atoms with van der Waals surface area (Å²) in [5.41, 5.74) is 6.18. The first-order valence-corrected chi connectivity index (χ1v) is 5.87. The molecule has 0 radical (unpaired) electrons. The van der Waals surface area contributed by atoms with E-state index in [0.717, 1.165) is 5.69 Å². The molecule has 0 spiro atoms. The van der Waals surface area contributed by atoms with Gasteiger partial charge >= 0.3 is 7.25 Å². The maximum atomic E-state index is 9.75. The zero-order chi connectivity index (χ0) is 15.9. The number of para-hydroxylation sites is 1. The van der Waals surface area contributed by atoms with E-state index < -0.39 is 18.3 Å². The molecule has 1 rings (SSSR count). The van der Waals surface area contributed by atoms with Crippen LogP contribution >= 0.6 is 0 Å². The molecule has 0 aromatic heterocycles. The summed E-state index contributed by atoms with van der Waals surface area (Å²) >= 11 is -1.82. The number of nitrogens with one attached hydrogen (secondary N) is 1. The Morgan fingerprint density at radius 1 is 1.26 bits per heavy atom. The molecular formula is C8H13BF4N3O2S-. The molecule has 1 aromatic rings.